The number of carboxylic acids is 1. The first-order valence-corrected chi connectivity index (χ1v) is 15.6. The van der Waals surface area contributed by atoms with Crippen LogP contribution < -0.4 is 4.74 Å². The van der Waals surface area contributed by atoms with Crippen molar-refractivity contribution in [1.82, 2.24) is 8.87 Å². The van der Waals surface area contributed by atoms with Gasteiger partial charge in [0.1, 0.15) is 16.1 Å². The van der Waals surface area contributed by atoms with E-state index in [0.29, 0.717) is 34.5 Å². The van der Waals surface area contributed by atoms with Gasteiger partial charge in [-0.3, -0.25) is 4.79 Å². The van der Waals surface area contributed by atoms with Gasteiger partial charge >= 0.3 is 12.1 Å². The lowest BCUT2D eigenvalue weighted by atomic mass is 10.1. The van der Waals surface area contributed by atoms with Crippen molar-refractivity contribution in [3.8, 4) is 5.75 Å². The molecule has 1 N–H and O–H groups in total. The molecule has 4 aromatic rings. The molecule has 0 bridgehead atoms. The number of thiophene rings is 1. The van der Waals surface area contributed by atoms with Crippen molar-refractivity contribution in [3.05, 3.63) is 59.3 Å². The first kappa shape index (κ1) is 30.9. The van der Waals surface area contributed by atoms with Crippen molar-refractivity contribution in [2.45, 2.75) is 70.0 Å². The molecule has 0 aliphatic heterocycles. The number of aryl methyl sites for hydroxylation is 2. The fourth-order valence-electron chi connectivity index (χ4n) is 5.00. The number of hydrogen-bond acceptors (Lipinski definition) is 5. The second-order valence-corrected chi connectivity index (χ2v) is 13.3. The molecular formula is C29H33F3N2O5S2. The fraction of sp³-hybridized carbons (Fsp3) is 0.414. The van der Waals surface area contributed by atoms with Gasteiger partial charge in [-0.1, -0.05) is 13.8 Å². The van der Waals surface area contributed by atoms with Crippen molar-refractivity contribution in [3.63, 3.8) is 0 Å². The number of carboxylic acid groups (broad SMARTS) is 1. The smallest absolute Gasteiger partial charge is 0.416 e. The van der Waals surface area contributed by atoms with Gasteiger partial charge in [-0.05, 0) is 73.5 Å². The van der Waals surface area contributed by atoms with Gasteiger partial charge in [-0.25, -0.2) is 8.42 Å². The fourth-order valence-corrected chi connectivity index (χ4v) is 8.49. The molecule has 4 rings (SSSR count). The van der Waals surface area contributed by atoms with E-state index >= 15 is 0 Å². The van der Waals surface area contributed by atoms with Gasteiger partial charge < -0.3 is 14.4 Å². The zero-order chi connectivity index (χ0) is 30.1. The summed E-state index contributed by atoms with van der Waals surface area (Å²) in [6.07, 6.45) is -1.93. The maximum absolute atomic E-state index is 13.8. The van der Waals surface area contributed by atoms with Crippen LogP contribution in [-0.2, 0) is 34.0 Å². The third kappa shape index (κ3) is 6.54. The third-order valence-electron chi connectivity index (χ3n) is 6.81. The summed E-state index contributed by atoms with van der Waals surface area (Å²) in [5.74, 6) is -0.393. The van der Waals surface area contributed by atoms with Gasteiger partial charge in [0, 0.05) is 35.4 Å². The zero-order valence-corrected chi connectivity index (χ0v) is 24.9. The average molecular weight is 611 g/mol. The van der Waals surface area contributed by atoms with Crippen molar-refractivity contribution in [2.75, 3.05) is 13.1 Å². The van der Waals surface area contributed by atoms with Gasteiger partial charge in [0.15, 0.2) is 0 Å². The van der Waals surface area contributed by atoms with E-state index in [0.717, 1.165) is 40.8 Å². The Hall–Kier alpha value is -3.09. The molecule has 2 aromatic heterocycles. The van der Waals surface area contributed by atoms with Crippen molar-refractivity contribution in [1.29, 1.82) is 0 Å². The molecule has 7 nitrogen and oxygen atoms in total. The number of aromatic nitrogens is 1. The van der Waals surface area contributed by atoms with E-state index in [1.165, 1.54) is 17.3 Å². The number of hydrogen-bond donors (Lipinski definition) is 1. The van der Waals surface area contributed by atoms with E-state index in [2.05, 4.69) is 0 Å². The SMILES string of the molecule is CCCN(CC(C)Oc1ccc2c(CC(=O)O)cn(CCC)c2c1)S(=O)(=O)c1sc2ccc(C(F)(F)F)cc2c1C. The summed E-state index contributed by atoms with van der Waals surface area (Å²) < 4.78 is 77.3. The average Bonchev–Trinajstić information content (AvgIpc) is 3.40. The molecule has 222 valence electrons. The summed E-state index contributed by atoms with van der Waals surface area (Å²) in [4.78, 5) is 11.3. The number of fused-ring (bicyclic) bond motifs is 2. The first-order chi connectivity index (χ1) is 19.3. The van der Waals surface area contributed by atoms with Crippen LogP contribution in [0.25, 0.3) is 21.0 Å². The van der Waals surface area contributed by atoms with Gasteiger partial charge in [0.25, 0.3) is 10.0 Å². The molecule has 0 spiro atoms. The molecule has 2 heterocycles. The van der Waals surface area contributed by atoms with E-state index in [4.69, 9.17) is 4.74 Å². The Morgan fingerprint density at radius 2 is 1.85 bits per heavy atom. The molecular weight excluding hydrogens is 577 g/mol. The van der Waals surface area contributed by atoms with Crippen molar-refractivity contribution in [2.24, 2.45) is 0 Å². The van der Waals surface area contributed by atoms with Crippen LogP contribution in [0.3, 0.4) is 0 Å². The Kier molecular flexibility index (Phi) is 9.05. The summed E-state index contributed by atoms with van der Waals surface area (Å²) in [5, 5.41) is 10.4. The molecule has 1 unspecified atom stereocenters. The van der Waals surface area contributed by atoms with Crippen LogP contribution in [0.2, 0.25) is 0 Å². The van der Waals surface area contributed by atoms with Crippen LogP contribution in [0.1, 0.15) is 50.3 Å². The maximum atomic E-state index is 13.8. The minimum Gasteiger partial charge on any atom is -0.489 e. The number of benzene rings is 2. The van der Waals surface area contributed by atoms with E-state index in [1.54, 1.807) is 13.0 Å². The number of sulfonamides is 1. The Morgan fingerprint density at radius 3 is 2.49 bits per heavy atom. The van der Waals surface area contributed by atoms with Crippen LogP contribution in [-0.4, -0.2) is 47.6 Å². The molecule has 41 heavy (non-hydrogen) atoms. The first-order valence-electron chi connectivity index (χ1n) is 13.4. The lowest BCUT2D eigenvalue weighted by Gasteiger charge is -2.25. The summed E-state index contributed by atoms with van der Waals surface area (Å²) in [7, 11) is -4.02. The minimum atomic E-state index is -4.53. The number of nitrogens with zero attached hydrogens (tertiary/aromatic N) is 2. The molecule has 1 atom stereocenters. The number of aliphatic carboxylic acids is 1. The molecule has 0 aliphatic rings. The van der Waals surface area contributed by atoms with Crippen molar-refractivity contribution >= 4 is 48.3 Å². The topological polar surface area (TPSA) is 88.8 Å². The van der Waals surface area contributed by atoms with E-state index in [-0.39, 0.29) is 29.1 Å². The molecule has 0 saturated heterocycles. The van der Waals surface area contributed by atoms with Crippen molar-refractivity contribution < 1.29 is 36.2 Å². The summed E-state index contributed by atoms with van der Waals surface area (Å²) in [5.41, 5.74) is 1.02. The van der Waals surface area contributed by atoms with Gasteiger partial charge in [0.2, 0.25) is 0 Å². The Morgan fingerprint density at radius 1 is 1.12 bits per heavy atom. The second kappa shape index (κ2) is 12.0. The van der Waals surface area contributed by atoms with Gasteiger partial charge in [0.05, 0.1) is 24.0 Å². The zero-order valence-electron chi connectivity index (χ0n) is 23.3. The quantitative estimate of drug-likeness (QED) is 0.185. The number of halogens is 3. The van der Waals surface area contributed by atoms with Gasteiger partial charge in [-0.15, -0.1) is 11.3 Å². The van der Waals surface area contributed by atoms with E-state index in [9.17, 15) is 31.5 Å². The molecule has 0 fully saturated rings. The Labute approximate surface area is 241 Å². The lowest BCUT2D eigenvalue weighted by molar-refractivity contribution is -0.138. The van der Waals surface area contributed by atoms with E-state index < -0.39 is 33.8 Å². The minimum absolute atomic E-state index is 0.0252. The molecule has 2 aromatic carbocycles. The third-order valence-corrected chi connectivity index (χ3v) is 10.5. The molecule has 0 saturated carbocycles. The monoisotopic (exact) mass is 610 g/mol. The highest BCUT2D eigenvalue weighted by Crippen LogP contribution is 2.39. The molecule has 0 aliphatic carbocycles. The normalized spacial score (nSPS) is 13.4. The summed E-state index contributed by atoms with van der Waals surface area (Å²) >= 11 is 0.967. The van der Waals surface area contributed by atoms with Crippen LogP contribution in [0.4, 0.5) is 13.2 Å². The maximum Gasteiger partial charge on any atom is 0.416 e. The number of carbonyl (C=O) groups is 1. The second-order valence-electron chi connectivity index (χ2n) is 10.1. The van der Waals surface area contributed by atoms with Crippen LogP contribution in [0.5, 0.6) is 5.75 Å². The highest BCUT2D eigenvalue weighted by atomic mass is 32.2. The Bertz CT molecular complexity index is 1680. The number of rotatable bonds is 12. The van der Waals surface area contributed by atoms with E-state index in [1.807, 2.05) is 36.7 Å². The van der Waals surface area contributed by atoms with Crippen LogP contribution in [0.15, 0.2) is 46.8 Å². The number of ether oxygens (including phenoxy) is 1. The summed E-state index contributed by atoms with van der Waals surface area (Å²) in [6, 6.07) is 8.68. The van der Waals surface area contributed by atoms with Crippen LogP contribution >= 0.6 is 11.3 Å². The lowest BCUT2D eigenvalue weighted by Crippen LogP contribution is -2.39. The predicted octanol–water partition coefficient (Wildman–Crippen LogP) is 7.09. The highest BCUT2D eigenvalue weighted by Gasteiger charge is 2.33. The van der Waals surface area contributed by atoms with Gasteiger partial charge in [-0.2, -0.15) is 17.5 Å². The molecule has 12 heteroatoms. The standard InChI is InChI=1S/C29H33F3N2O5S2/c1-5-11-33-17-20(13-27(35)36)23-9-8-22(15-25(23)33)39-18(3)16-34(12-6-2)41(37,38)28-19(4)24-14-21(29(30,31)32)7-10-26(24)40-28/h7-10,14-15,17-18H,5-6,11-13,16H2,1-4H3,(H,35,36). The molecule has 0 radical (unpaired) electrons. The molecule has 0 amide bonds. The predicted molar refractivity (Wildman–Crippen MR) is 154 cm³/mol. The largest absolute Gasteiger partial charge is 0.489 e. The van der Waals surface area contributed by atoms with Crippen LogP contribution in [0, 0.1) is 6.92 Å². The summed E-state index contributed by atoms with van der Waals surface area (Å²) in [6.45, 7) is 8.14. The highest BCUT2D eigenvalue weighted by molar-refractivity contribution is 7.91. The number of alkyl halides is 3. The Balaban J connectivity index is 1.60.